The van der Waals surface area contributed by atoms with Crippen LogP contribution in [0.5, 0.6) is 0 Å². The van der Waals surface area contributed by atoms with E-state index in [1.807, 2.05) is 0 Å². The molecule has 2 N–H and O–H groups in total. The van der Waals surface area contributed by atoms with Gasteiger partial charge in [0.15, 0.2) is 5.13 Å². The van der Waals surface area contributed by atoms with Crippen molar-refractivity contribution in [3.05, 3.63) is 45.7 Å². The van der Waals surface area contributed by atoms with Crippen molar-refractivity contribution in [1.29, 1.82) is 0 Å². The van der Waals surface area contributed by atoms with Crippen molar-refractivity contribution in [2.24, 2.45) is 0 Å². The smallest absolute Gasteiger partial charge is 0.180 e. The zero-order chi connectivity index (χ0) is 10.8. The minimum atomic E-state index is -0.297. The SMILES string of the molecule is Nc1ncc(Cc2ccc(Cl)cc2F)s1. The van der Waals surface area contributed by atoms with Crippen LogP contribution in [0.2, 0.25) is 5.02 Å². The molecule has 2 aromatic rings. The minimum absolute atomic E-state index is 0.297. The monoisotopic (exact) mass is 242 g/mol. The van der Waals surface area contributed by atoms with E-state index in [2.05, 4.69) is 4.98 Å². The predicted molar refractivity (Wildman–Crippen MR) is 60.7 cm³/mol. The summed E-state index contributed by atoms with van der Waals surface area (Å²) in [7, 11) is 0. The van der Waals surface area contributed by atoms with Gasteiger partial charge in [-0.2, -0.15) is 0 Å². The normalized spacial score (nSPS) is 10.5. The molecule has 0 bridgehead atoms. The Balaban J connectivity index is 2.24. The number of benzene rings is 1. The van der Waals surface area contributed by atoms with Crippen LogP contribution in [0, 0.1) is 5.82 Å². The van der Waals surface area contributed by atoms with Gasteiger partial charge in [0.1, 0.15) is 5.82 Å². The minimum Gasteiger partial charge on any atom is -0.375 e. The maximum absolute atomic E-state index is 13.4. The van der Waals surface area contributed by atoms with E-state index in [1.54, 1.807) is 18.3 Å². The van der Waals surface area contributed by atoms with Crippen LogP contribution >= 0.6 is 22.9 Å². The third-order valence-electron chi connectivity index (χ3n) is 1.95. The van der Waals surface area contributed by atoms with Gasteiger partial charge in [-0.1, -0.05) is 17.7 Å². The van der Waals surface area contributed by atoms with Crippen LogP contribution < -0.4 is 5.73 Å². The molecule has 0 spiro atoms. The summed E-state index contributed by atoms with van der Waals surface area (Å²) in [5.74, 6) is -0.297. The molecule has 15 heavy (non-hydrogen) atoms. The summed E-state index contributed by atoms with van der Waals surface area (Å²) in [5, 5.41) is 0.902. The lowest BCUT2D eigenvalue weighted by molar-refractivity contribution is 0.614. The first kappa shape index (κ1) is 10.4. The van der Waals surface area contributed by atoms with Crippen LogP contribution in [0.1, 0.15) is 10.4 Å². The summed E-state index contributed by atoms with van der Waals surface area (Å²) < 4.78 is 13.4. The van der Waals surface area contributed by atoms with Gasteiger partial charge in [0.05, 0.1) is 0 Å². The van der Waals surface area contributed by atoms with Crippen LogP contribution in [-0.4, -0.2) is 4.98 Å². The molecule has 78 valence electrons. The average Bonchev–Trinajstić information content (AvgIpc) is 2.56. The Labute approximate surface area is 95.5 Å². The second-order valence-corrected chi connectivity index (χ2v) is 4.66. The van der Waals surface area contributed by atoms with E-state index in [4.69, 9.17) is 17.3 Å². The molecule has 2 nitrogen and oxygen atoms in total. The first-order valence-electron chi connectivity index (χ1n) is 4.29. The Bertz CT molecular complexity index is 484. The van der Waals surface area contributed by atoms with E-state index >= 15 is 0 Å². The molecule has 0 amide bonds. The lowest BCUT2D eigenvalue weighted by Crippen LogP contribution is -1.89. The Morgan fingerprint density at radius 2 is 2.27 bits per heavy atom. The third-order valence-corrected chi connectivity index (χ3v) is 3.01. The third kappa shape index (κ3) is 2.46. The van der Waals surface area contributed by atoms with Crippen molar-refractivity contribution >= 4 is 28.1 Å². The van der Waals surface area contributed by atoms with Crippen LogP contribution in [-0.2, 0) is 6.42 Å². The fraction of sp³-hybridized carbons (Fsp3) is 0.100. The highest BCUT2D eigenvalue weighted by Crippen LogP contribution is 2.21. The van der Waals surface area contributed by atoms with E-state index in [-0.39, 0.29) is 5.82 Å². The molecule has 0 fully saturated rings. The van der Waals surface area contributed by atoms with E-state index in [0.29, 0.717) is 22.1 Å². The summed E-state index contributed by atoms with van der Waals surface area (Å²) in [4.78, 5) is 4.85. The van der Waals surface area contributed by atoms with E-state index < -0.39 is 0 Å². The highest BCUT2D eigenvalue weighted by molar-refractivity contribution is 7.15. The molecule has 1 heterocycles. The number of nitrogens with two attached hydrogens (primary N) is 1. The number of hydrogen-bond donors (Lipinski definition) is 1. The Kier molecular flexibility index (Phi) is 2.88. The molecule has 0 aliphatic heterocycles. The van der Waals surface area contributed by atoms with Gasteiger partial charge in [-0.05, 0) is 17.7 Å². The average molecular weight is 243 g/mol. The second kappa shape index (κ2) is 4.16. The topological polar surface area (TPSA) is 38.9 Å². The van der Waals surface area contributed by atoms with Crippen LogP contribution in [0.25, 0.3) is 0 Å². The van der Waals surface area contributed by atoms with E-state index in [0.717, 1.165) is 4.88 Å². The Hall–Kier alpha value is -1.13. The molecule has 0 aliphatic rings. The number of halogens is 2. The second-order valence-electron chi connectivity index (χ2n) is 3.08. The molecule has 0 saturated carbocycles. The van der Waals surface area contributed by atoms with Crippen molar-refractivity contribution < 1.29 is 4.39 Å². The molecule has 0 aliphatic carbocycles. The van der Waals surface area contributed by atoms with Gasteiger partial charge in [-0.25, -0.2) is 9.37 Å². The van der Waals surface area contributed by atoms with Gasteiger partial charge in [0, 0.05) is 22.5 Å². The first-order valence-corrected chi connectivity index (χ1v) is 5.48. The number of nitrogen functional groups attached to an aromatic ring is 1. The Morgan fingerprint density at radius 1 is 1.47 bits per heavy atom. The molecule has 0 radical (unpaired) electrons. The zero-order valence-electron chi connectivity index (χ0n) is 7.71. The first-order chi connectivity index (χ1) is 7.15. The number of aromatic nitrogens is 1. The molecule has 1 aromatic heterocycles. The van der Waals surface area contributed by atoms with Crippen molar-refractivity contribution in [2.45, 2.75) is 6.42 Å². The standard InChI is InChI=1S/C10H8ClFN2S/c11-7-2-1-6(9(12)4-7)3-8-5-14-10(13)15-8/h1-2,4-5H,3H2,(H2,13,14). The fourth-order valence-corrected chi connectivity index (χ4v) is 2.12. The summed E-state index contributed by atoms with van der Waals surface area (Å²) in [5.41, 5.74) is 6.09. The molecule has 0 saturated heterocycles. The van der Waals surface area contributed by atoms with Crippen LogP contribution in [0.3, 0.4) is 0 Å². The van der Waals surface area contributed by atoms with Gasteiger partial charge in [0.25, 0.3) is 0 Å². The maximum atomic E-state index is 13.4. The lowest BCUT2D eigenvalue weighted by atomic mass is 10.1. The predicted octanol–water partition coefficient (Wildman–Crippen LogP) is 3.11. The number of anilines is 1. The molecule has 1 aromatic carbocycles. The highest BCUT2D eigenvalue weighted by atomic mass is 35.5. The lowest BCUT2D eigenvalue weighted by Gasteiger charge is -2.00. The van der Waals surface area contributed by atoms with Gasteiger partial charge >= 0.3 is 0 Å². The van der Waals surface area contributed by atoms with Gasteiger partial charge in [-0.15, -0.1) is 11.3 Å². The molecule has 2 rings (SSSR count). The van der Waals surface area contributed by atoms with Crippen molar-refractivity contribution in [3.63, 3.8) is 0 Å². The fourth-order valence-electron chi connectivity index (χ4n) is 1.26. The van der Waals surface area contributed by atoms with Crippen LogP contribution in [0.4, 0.5) is 9.52 Å². The van der Waals surface area contributed by atoms with Crippen molar-refractivity contribution in [1.82, 2.24) is 4.98 Å². The Morgan fingerprint density at radius 3 is 2.87 bits per heavy atom. The zero-order valence-corrected chi connectivity index (χ0v) is 9.28. The van der Waals surface area contributed by atoms with Gasteiger partial charge in [0.2, 0.25) is 0 Å². The quantitative estimate of drug-likeness (QED) is 0.879. The van der Waals surface area contributed by atoms with E-state index in [1.165, 1.54) is 17.4 Å². The summed E-state index contributed by atoms with van der Waals surface area (Å²) in [6.45, 7) is 0. The highest BCUT2D eigenvalue weighted by Gasteiger charge is 2.06. The number of rotatable bonds is 2. The molecular weight excluding hydrogens is 235 g/mol. The maximum Gasteiger partial charge on any atom is 0.180 e. The number of thiazole rings is 1. The van der Waals surface area contributed by atoms with Crippen molar-refractivity contribution in [2.75, 3.05) is 5.73 Å². The number of hydrogen-bond acceptors (Lipinski definition) is 3. The van der Waals surface area contributed by atoms with E-state index in [9.17, 15) is 4.39 Å². The summed E-state index contributed by atoms with van der Waals surface area (Å²) in [6.07, 6.45) is 2.16. The summed E-state index contributed by atoms with van der Waals surface area (Å²) >= 11 is 7.02. The summed E-state index contributed by atoms with van der Waals surface area (Å²) in [6, 6.07) is 4.65. The largest absolute Gasteiger partial charge is 0.375 e. The molecule has 0 unspecified atom stereocenters. The molecular formula is C10H8ClFN2S. The van der Waals surface area contributed by atoms with Gasteiger partial charge in [-0.3, -0.25) is 0 Å². The number of nitrogens with zero attached hydrogens (tertiary/aromatic N) is 1. The van der Waals surface area contributed by atoms with Crippen LogP contribution in [0.15, 0.2) is 24.4 Å². The molecule has 0 atom stereocenters. The molecule has 5 heteroatoms. The van der Waals surface area contributed by atoms with Gasteiger partial charge < -0.3 is 5.73 Å². The van der Waals surface area contributed by atoms with Crippen molar-refractivity contribution in [3.8, 4) is 0 Å².